The first-order valence-electron chi connectivity index (χ1n) is 5.97. The third-order valence-corrected chi connectivity index (χ3v) is 3.84. The Labute approximate surface area is 102 Å². The van der Waals surface area contributed by atoms with Crippen LogP contribution in [0.15, 0.2) is 0 Å². The number of carboxylic acids is 1. The molecule has 0 spiro atoms. The number of ether oxygens (including phenoxy) is 1. The van der Waals surface area contributed by atoms with Crippen molar-refractivity contribution >= 4 is 11.9 Å². The molecule has 0 aromatic heterocycles. The van der Waals surface area contributed by atoms with E-state index in [2.05, 4.69) is 5.32 Å². The van der Waals surface area contributed by atoms with E-state index < -0.39 is 17.8 Å². The highest BCUT2D eigenvalue weighted by atomic mass is 16.5. The molecule has 17 heavy (non-hydrogen) atoms. The first kappa shape index (κ1) is 14.0. The van der Waals surface area contributed by atoms with Crippen LogP contribution >= 0.6 is 0 Å². The van der Waals surface area contributed by atoms with Crippen molar-refractivity contribution in [2.45, 2.75) is 38.7 Å². The number of aliphatic carboxylic acids is 1. The summed E-state index contributed by atoms with van der Waals surface area (Å²) >= 11 is 0. The van der Waals surface area contributed by atoms with Gasteiger partial charge in [-0.2, -0.15) is 0 Å². The standard InChI is InChI=1S/C12H21NO4/c1-8(9(2)11(15)16)10(14)13-7-12(17-3)5-4-6-12/h8-9H,4-7H2,1-3H3,(H,13,14)(H,15,16). The number of amides is 1. The molecular formula is C12H21NO4. The topological polar surface area (TPSA) is 75.6 Å². The van der Waals surface area contributed by atoms with Crippen molar-refractivity contribution in [1.82, 2.24) is 5.32 Å². The van der Waals surface area contributed by atoms with Crippen LogP contribution in [0.3, 0.4) is 0 Å². The molecule has 1 rings (SSSR count). The van der Waals surface area contributed by atoms with Crippen molar-refractivity contribution in [3.05, 3.63) is 0 Å². The Hall–Kier alpha value is -1.10. The van der Waals surface area contributed by atoms with E-state index >= 15 is 0 Å². The van der Waals surface area contributed by atoms with Gasteiger partial charge in [0.15, 0.2) is 0 Å². The highest BCUT2D eigenvalue weighted by Gasteiger charge is 2.38. The van der Waals surface area contributed by atoms with Gasteiger partial charge in [0.25, 0.3) is 0 Å². The van der Waals surface area contributed by atoms with Gasteiger partial charge in [0.2, 0.25) is 5.91 Å². The third kappa shape index (κ3) is 3.19. The van der Waals surface area contributed by atoms with Crippen LogP contribution in [0.5, 0.6) is 0 Å². The summed E-state index contributed by atoms with van der Waals surface area (Å²) in [4.78, 5) is 22.5. The van der Waals surface area contributed by atoms with Gasteiger partial charge in [-0.1, -0.05) is 13.8 Å². The maximum absolute atomic E-state index is 11.8. The van der Waals surface area contributed by atoms with E-state index in [9.17, 15) is 9.59 Å². The van der Waals surface area contributed by atoms with Crippen LogP contribution in [0, 0.1) is 11.8 Å². The second-order valence-electron chi connectivity index (χ2n) is 4.87. The fourth-order valence-corrected chi connectivity index (χ4v) is 1.87. The van der Waals surface area contributed by atoms with Gasteiger partial charge < -0.3 is 15.2 Å². The number of carbonyl (C=O) groups excluding carboxylic acids is 1. The van der Waals surface area contributed by atoms with Gasteiger partial charge in [0, 0.05) is 19.6 Å². The molecule has 0 aliphatic heterocycles. The number of rotatable bonds is 6. The molecule has 0 heterocycles. The number of hydrogen-bond acceptors (Lipinski definition) is 3. The van der Waals surface area contributed by atoms with E-state index in [1.807, 2.05) is 0 Å². The quantitative estimate of drug-likeness (QED) is 0.730. The number of carboxylic acid groups (broad SMARTS) is 1. The zero-order valence-corrected chi connectivity index (χ0v) is 10.7. The zero-order valence-electron chi connectivity index (χ0n) is 10.7. The summed E-state index contributed by atoms with van der Waals surface area (Å²) in [5, 5.41) is 11.6. The van der Waals surface area contributed by atoms with Crippen LogP contribution in [0.2, 0.25) is 0 Å². The maximum Gasteiger partial charge on any atom is 0.307 e. The van der Waals surface area contributed by atoms with Crippen LogP contribution in [-0.2, 0) is 14.3 Å². The molecule has 98 valence electrons. The maximum atomic E-state index is 11.8. The van der Waals surface area contributed by atoms with Crippen molar-refractivity contribution in [2.75, 3.05) is 13.7 Å². The summed E-state index contributed by atoms with van der Waals surface area (Å²) in [7, 11) is 1.65. The summed E-state index contributed by atoms with van der Waals surface area (Å²) < 4.78 is 5.38. The minimum absolute atomic E-state index is 0.219. The Kier molecular flexibility index (Phi) is 4.51. The Morgan fingerprint density at radius 1 is 1.35 bits per heavy atom. The SMILES string of the molecule is COC1(CNC(=O)C(C)C(C)C(=O)O)CCC1. The smallest absolute Gasteiger partial charge is 0.307 e. The normalized spacial score (nSPS) is 21.1. The molecule has 5 nitrogen and oxygen atoms in total. The summed E-state index contributed by atoms with van der Waals surface area (Å²) in [5.41, 5.74) is -0.220. The molecule has 2 atom stereocenters. The molecule has 0 radical (unpaired) electrons. The van der Waals surface area contributed by atoms with E-state index in [0.717, 1.165) is 19.3 Å². The molecule has 0 saturated heterocycles. The molecule has 2 unspecified atom stereocenters. The Bertz CT molecular complexity index is 293. The predicted molar refractivity (Wildman–Crippen MR) is 62.6 cm³/mol. The van der Waals surface area contributed by atoms with E-state index in [-0.39, 0.29) is 11.5 Å². The molecule has 0 aromatic carbocycles. The fourth-order valence-electron chi connectivity index (χ4n) is 1.87. The summed E-state index contributed by atoms with van der Waals surface area (Å²) in [5.74, 6) is -2.36. The van der Waals surface area contributed by atoms with Gasteiger partial charge in [-0.25, -0.2) is 0 Å². The average molecular weight is 243 g/mol. The lowest BCUT2D eigenvalue weighted by molar-refractivity contribution is -0.146. The monoisotopic (exact) mass is 243 g/mol. The van der Waals surface area contributed by atoms with E-state index in [1.165, 1.54) is 0 Å². The van der Waals surface area contributed by atoms with Crippen molar-refractivity contribution < 1.29 is 19.4 Å². The number of nitrogens with one attached hydrogen (secondary N) is 1. The Balaban J connectivity index is 2.41. The fraction of sp³-hybridized carbons (Fsp3) is 0.833. The van der Waals surface area contributed by atoms with Crippen LogP contribution in [0.1, 0.15) is 33.1 Å². The van der Waals surface area contributed by atoms with Gasteiger partial charge in [-0.3, -0.25) is 9.59 Å². The Morgan fingerprint density at radius 3 is 2.29 bits per heavy atom. The highest BCUT2D eigenvalue weighted by Crippen LogP contribution is 2.34. The lowest BCUT2D eigenvalue weighted by Gasteiger charge is -2.40. The minimum Gasteiger partial charge on any atom is -0.481 e. The minimum atomic E-state index is -0.947. The van der Waals surface area contributed by atoms with Gasteiger partial charge in [-0.15, -0.1) is 0 Å². The van der Waals surface area contributed by atoms with Crippen LogP contribution < -0.4 is 5.32 Å². The Morgan fingerprint density at radius 2 is 1.94 bits per heavy atom. The molecule has 2 N–H and O–H groups in total. The molecule has 1 fully saturated rings. The molecule has 1 aliphatic rings. The lowest BCUT2D eigenvalue weighted by atomic mass is 9.80. The second-order valence-corrected chi connectivity index (χ2v) is 4.87. The summed E-state index contributed by atoms with van der Waals surface area (Å²) in [6.07, 6.45) is 3.02. The van der Waals surface area contributed by atoms with Gasteiger partial charge in [-0.05, 0) is 19.3 Å². The van der Waals surface area contributed by atoms with Gasteiger partial charge in [0.05, 0.1) is 11.5 Å². The molecule has 5 heteroatoms. The highest BCUT2D eigenvalue weighted by molar-refractivity contribution is 5.84. The van der Waals surface area contributed by atoms with Crippen molar-refractivity contribution in [1.29, 1.82) is 0 Å². The van der Waals surface area contributed by atoms with Crippen molar-refractivity contribution in [2.24, 2.45) is 11.8 Å². The first-order chi connectivity index (χ1) is 7.92. The third-order valence-electron chi connectivity index (χ3n) is 3.84. The van der Waals surface area contributed by atoms with Crippen LogP contribution in [-0.4, -0.2) is 36.2 Å². The molecular weight excluding hydrogens is 222 g/mol. The number of carbonyl (C=O) groups is 2. The summed E-state index contributed by atoms with van der Waals surface area (Å²) in [6.45, 7) is 3.65. The zero-order chi connectivity index (χ0) is 13.1. The van der Waals surface area contributed by atoms with Gasteiger partial charge >= 0.3 is 5.97 Å². The molecule has 1 amide bonds. The molecule has 1 saturated carbocycles. The molecule has 0 bridgehead atoms. The number of methoxy groups -OCH3 is 1. The van der Waals surface area contributed by atoms with E-state index in [1.54, 1.807) is 21.0 Å². The molecule has 0 aromatic rings. The lowest BCUT2D eigenvalue weighted by Crippen LogP contribution is -2.50. The summed E-state index contributed by atoms with van der Waals surface area (Å²) in [6, 6.07) is 0. The first-order valence-corrected chi connectivity index (χ1v) is 5.97. The second kappa shape index (κ2) is 5.49. The van der Waals surface area contributed by atoms with Crippen LogP contribution in [0.25, 0.3) is 0 Å². The average Bonchev–Trinajstić information content (AvgIpc) is 2.25. The van der Waals surface area contributed by atoms with Crippen molar-refractivity contribution in [3.8, 4) is 0 Å². The largest absolute Gasteiger partial charge is 0.481 e. The van der Waals surface area contributed by atoms with Crippen molar-refractivity contribution in [3.63, 3.8) is 0 Å². The van der Waals surface area contributed by atoms with Crippen LogP contribution in [0.4, 0.5) is 0 Å². The number of hydrogen-bond donors (Lipinski definition) is 2. The van der Waals surface area contributed by atoms with Gasteiger partial charge in [0.1, 0.15) is 0 Å². The van der Waals surface area contributed by atoms with E-state index in [0.29, 0.717) is 6.54 Å². The predicted octanol–water partition coefficient (Wildman–Crippen LogP) is 1.03. The molecule has 1 aliphatic carbocycles. The van der Waals surface area contributed by atoms with E-state index in [4.69, 9.17) is 9.84 Å².